The highest BCUT2D eigenvalue weighted by molar-refractivity contribution is 9.14. The lowest BCUT2D eigenvalue weighted by Crippen LogP contribution is -2.53. The van der Waals surface area contributed by atoms with Crippen molar-refractivity contribution in [2.75, 3.05) is 11.9 Å². The third-order valence-electron chi connectivity index (χ3n) is 5.68. The normalized spacial score (nSPS) is 15.2. The van der Waals surface area contributed by atoms with Crippen LogP contribution in [0.25, 0.3) is 0 Å². The first-order valence-corrected chi connectivity index (χ1v) is 13.4. The van der Waals surface area contributed by atoms with Crippen LogP contribution in [0, 0.1) is 12.8 Å². The Bertz CT molecular complexity index is 1020. The molecule has 1 aromatic rings. The van der Waals surface area contributed by atoms with Gasteiger partial charge >= 0.3 is 0 Å². The number of rotatable bonds is 12. The molecule has 36 heavy (non-hydrogen) atoms. The summed E-state index contributed by atoms with van der Waals surface area (Å²) in [4.78, 5) is 62.9. The van der Waals surface area contributed by atoms with Gasteiger partial charge < -0.3 is 16.0 Å². The molecule has 9 nitrogen and oxygen atoms in total. The fourth-order valence-electron chi connectivity index (χ4n) is 3.49. The fourth-order valence-corrected chi connectivity index (χ4v) is 4.26. The summed E-state index contributed by atoms with van der Waals surface area (Å²) in [5.41, 5.74) is 1.70. The number of benzene rings is 1. The van der Waals surface area contributed by atoms with Gasteiger partial charge in [-0.3, -0.25) is 28.9 Å². The number of aryl methyl sites for hydroxylation is 1. The van der Waals surface area contributed by atoms with Gasteiger partial charge in [0.1, 0.15) is 21.0 Å². The first-order chi connectivity index (χ1) is 16.9. The van der Waals surface area contributed by atoms with Crippen molar-refractivity contribution in [3.05, 3.63) is 38.8 Å². The largest absolute Gasteiger partial charge is 0.344 e. The summed E-state index contributed by atoms with van der Waals surface area (Å²) >= 11 is 6.18. The molecule has 0 unspecified atom stereocenters. The molecule has 3 N–H and O–H groups in total. The molecule has 1 heterocycles. The Morgan fingerprint density at radius 2 is 1.44 bits per heavy atom. The molecule has 5 amide bonds. The maximum atomic E-state index is 12.8. The minimum atomic E-state index is -0.789. The highest BCUT2D eigenvalue weighted by Gasteiger charge is 2.35. The summed E-state index contributed by atoms with van der Waals surface area (Å²) in [5, 5.41) is 8.19. The number of anilines is 1. The standard InChI is InChI=1S/C25H32Br2N4O5/c1-14(2)21(23(34)28-16(4)22(33)29-17-11-9-15(3)10-12-17)30-18(32)8-6-5-7-13-31-24(35)19(26)20(27)25(31)36/h9-12,14,16,21H,5-8,13H2,1-4H3,(H,28,34)(H,29,33)(H,30,32)/t16-,21-/m1/s1. The lowest BCUT2D eigenvalue weighted by atomic mass is 10.0. The molecule has 0 spiro atoms. The Hall–Kier alpha value is -2.53. The van der Waals surface area contributed by atoms with Crippen LogP contribution in [0.5, 0.6) is 0 Å². The summed E-state index contributed by atoms with van der Waals surface area (Å²) in [5.74, 6) is -2.00. The van der Waals surface area contributed by atoms with Gasteiger partial charge in [0.15, 0.2) is 0 Å². The summed E-state index contributed by atoms with van der Waals surface area (Å²) in [7, 11) is 0. The van der Waals surface area contributed by atoms with E-state index in [-0.39, 0.29) is 51.5 Å². The summed E-state index contributed by atoms with van der Waals surface area (Å²) in [6.45, 7) is 7.43. The predicted molar refractivity (Wildman–Crippen MR) is 144 cm³/mol. The van der Waals surface area contributed by atoms with Gasteiger partial charge in [0.25, 0.3) is 11.8 Å². The molecule has 0 saturated heterocycles. The number of hydrogen-bond acceptors (Lipinski definition) is 5. The monoisotopic (exact) mass is 626 g/mol. The van der Waals surface area contributed by atoms with E-state index in [9.17, 15) is 24.0 Å². The highest BCUT2D eigenvalue weighted by atomic mass is 79.9. The van der Waals surface area contributed by atoms with Gasteiger partial charge in [-0.1, -0.05) is 38.0 Å². The molecule has 1 aromatic carbocycles. The molecule has 2 rings (SSSR count). The van der Waals surface area contributed by atoms with Crippen LogP contribution in [0.1, 0.15) is 52.0 Å². The van der Waals surface area contributed by atoms with Gasteiger partial charge in [-0.05, 0) is 76.6 Å². The van der Waals surface area contributed by atoms with E-state index in [2.05, 4.69) is 47.8 Å². The molecule has 0 fully saturated rings. The minimum Gasteiger partial charge on any atom is -0.344 e. The molecule has 0 aromatic heterocycles. The van der Waals surface area contributed by atoms with E-state index in [1.165, 1.54) is 0 Å². The van der Waals surface area contributed by atoms with E-state index in [4.69, 9.17) is 0 Å². The number of imide groups is 1. The smallest absolute Gasteiger partial charge is 0.269 e. The van der Waals surface area contributed by atoms with Crippen LogP contribution in [0.4, 0.5) is 5.69 Å². The second-order valence-corrected chi connectivity index (χ2v) is 10.7. The third kappa shape index (κ3) is 8.26. The molecular weight excluding hydrogens is 596 g/mol. The minimum absolute atomic E-state index is 0.183. The molecule has 0 radical (unpaired) electrons. The second-order valence-electron chi connectivity index (χ2n) is 9.08. The van der Waals surface area contributed by atoms with Gasteiger partial charge in [0.05, 0.1) is 0 Å². The Balaban J connectivity index is 1.75. The number of halogens is 2. The van der Waals surface area contributed by atoms with Crippen molar-refractivity contribution in [1.29, 1.82) is 0 Å². The van der Waals surface area contributed by atoms with E-state index in [0.717, 1.165) is 10.5 Å². The Labute approximate surface area is 228 Å². The van der Waals surface area contributed by atoms with Gasteiger partial charge in [-0.25, -0.2) is 0 Å². The molecule has 1 aliphatic heterocycles. The van der Waals surface area contributed by atoms with Gasteiger partial charge in [-0.15, -0.1) is 0 Å². The SMILES string of the molecule is Cc1ccc(NC(=O)[C@@H](C)NC(=O)[C@H](NC(=O)CCCCCN2C(=O)C(Br)=C(Br)C2=O)C(C)C)cc1. The number of amides is 5. The number of unbranched alkanes of at least 4 members (excludes halogenated alkanes) is 2. The van der Waals surface area contributed by atoms with Crippen LogP contribution < -0.4 is 16.0 Å². The van der Waals surface area contributed by atoms with E-state index >= 15 is 0 Å². The number of hydrogen-bond donors (Lipinski definition) is 3. The average Bonchev–Trinajstić information content (AvgIpc) is 3.01. The number of nitrogens with one attached hydrogen (secondary N) is 3. The molecular formula is C25H32Br2N4O5. The molecule has 0 bridgehead atoms. The fraction of sp³-hybridized carbons (Fsp3) is 0.480. The van der Waals surface area contributed by atoms with Crippen molar-refractivity contribution in [2.24, 2.45) is 5.92 Å². The first-order valence-electron chi connectivity index (χ1n) is 11.8. The van der Waals surface area contributed by atoms with Crippen LogP contribution in [-0.4, -0.2) is 53.1 Å². The zero-order valence-electron chi connectivity index (χ0n) is 20.8. The van der Waals surface area contributed by atoms with E-state index in [1.807, 2.05) is 32.9 Å². The van der Waals surface area contributed by atoms with Crippen molar-refractivity contribution in [1.82, 2.24) is 15.5 Å². The lowest BCUT2D eigenvalue weighted by Gasteiger charge is -2.24. The topological polar surface area (TPSA) is 125 Å². The Morgan fingerprint density at radius 3 is 2.00 bits per heavy atom. The van der Waals surface area contributed by atoms with Gasteiger partial charge in [0.2, 0.25) is 17.7 Å². The lowest BCUT2D eigenvalue weighted by molar-refractivity contribution is -0.137. The predicted octanol–water partition coefficient (Wildman–Crippen LogP) is 3.51. The second kappa shape index (κ2) is 13.7. The average molecular weight is 628 g/mol. The molecule has 1 aliphatic rings. The van der Waals surface area contributed by atoms with Crippen LogP contribution in [0.3, 0.4) is 0 Å². The molecule has 0 saturated carbocycles. The molecule has 196 valence electrons. The molecule has 11 heteroatoms. The summed E-state index contributed by atoms with van der Waals surface area (Å²) in [6.07, 6.45) is 1.94. The van der Waals surface area contributed by atoms with Crippen molar-refractivity contribution in [3.8, 4) is 0 Å². The Morgan fingerprint density at radius 1 is 0.861 bits per heavy atom. The number of nitrogens with zero attached hydrogens (tertiary/aromatic N) is 1. The molecule has 2 atom stereocenters. The first kappa shape index (κ1) is 29.7. The van der Waals surface area contributed by atoms with Crippen molar-refractivity contribution < 1.29 is 24.0 Å². The zero-order chi connectivity index (χ0) is 27.0. The quantitative estimate of drug-likeness (QED) is 0.242. The van der Waals surface area contributed by atoms with Crippen molar-refractivity contribution in [2.45, 2.75) is 65.5 Å². The maximum absolute atomic E-state index is 12.8. The van der Waals surface area contributed by atoms with Crippen LogP contribution >= 0.6 is 31.9 Å². The van der Waals surface area contributed by atoms with E-state index in [0.29, 0.717) is 24.9 Å². The number of carbonyl (C=O) groups is 5. The van der Waals surface area contributed by atoms with E-state index < -0.39 is 18.0 Å². The van der Waals surface area contributed by atoms with Gasteiger partial charge in [-0.2, -0.15) is 0 Å². The zero-order valence-corrected chi connectivity index (χ0v) is 24.0. The highest BCUT2D eigenvalue weighted by Crippen LogP contribution is 2.29. The van der Waals surface area contributed by atoms with Crippen molar-refractivity contribution >= 4 is 67.1 Å². The third-order valence-corrected chi connectivity index (χ3v) is 7.68. The Kier molecular flexibility index (Phi) is 11.3. The number of carbonyl (C=O) groups excluding carboxylic acids is 5. The van der Waals surface area contributed by atoms with Crippen LogP contribution in [0.2, 0.25) is 0 Å². The summed E-state index contributed by atoms with van der Waals surface area (Å²) < 4.78 is 0.429. The van der Waals surface area contributed by atoms with Crippen LogP contribution in [-0.2, 0) is 24.0 Å². The van der Waals surface area contributed by atoms with Gasteiger partial charge in [0, 0.05) is 18.7 Å². The van der Waals surface area contributed by atoms with E-state index in [1.54, 1.807) is 19.1 Å². The maximum Gasteiger partial charge on any atom is 0.269 e. The summed E-state index contributed by atoms with van der Waals surface area (Å²) in [6, 6.07) is 5.76. The van der Waals surface area contributed by atoms with Crippen molar-refractivity contribution in [3.63, 3.8) is 0 Å². The molecule has 0 aliphatic carbocycles. The van der Waals surface area contributed by atoms with Crippen LogP contribution in [0.15, 0.2) is 33.2 Å².